The monoisotopic (exact) mass is 203 g/mol. The first kappa shape index (κ1) is 10.7. The Kier molecular flexibility index (Phi) is 3.42. The van der Waals surface area contributed by atoms with Crippen molar-refractivity contribution in [2.45, 2.75) is 33.1 Å². The summed E-state index contributed by atoms with van der Waals surface area (Å²) in [5, 5.41) is 3.42. The predicted molar refractivity (Wildman–Crippen MR) is 65.2 cm³/mol. The van der Waals surface area contributed by atoms with Crippen LogP contribution in [-0.4, -0.2) is 13.1 Å². The molecule has 1 aliphatic heterocycles. The summed E-state index contributed by atoms with van der Waals surface area (Å²) in [5.74, 6) is 0.896. The van der Waals surface area contributed by atoms with Crippen LogP contribution in [0.2, 0.25) is 0 Å². The second kappa shape index (κ2) is 4.80. The summed E-state index contributed by atoms with van der Waals surface area (Å²) in [4.78, 5) is 0. The van der Waals surface area contributed by atoms with Crippen molar-refractivity contribution < 1.29 is 0 Å². The van der Waals surface area contributed by atoms with E-state index in [1.165, 1.54) is 43.5 Å². The minimum atomic E-state index is 0.896. The molecule has 1 saturated heterocycles. The summed E-state index contributed by atoms with van der Waals surface area (Å²) >= 11 is 0. The van der Waals surface area contributed by atoms with Gasteiger partial charge in [0.15, 0.2) is 0 Å². The lowest BCUT2D eigenvalue weighted by atomic mass is 9.89. The van der Waals surface area contributed by atoms with Gasteiger partial charge in [-0.1, -0.05) is 23.8 Å². The van der Waals surface area contributed by atoms with Crippen LogP contribution in [0, 0.1) is 19.8 Å². The molecule has 1 fully saturated rings. The van der Waals surface area contributed by atoms with Crippen LogP contribution in [0.4, 0.5) is 0 Å². The Hall–Kier alpha value is -0.820. The molecule has 0 radical (unpaired) electrons. The fourth-order valence-corrected chi connectivity index (χ4v) is 2.47. The van der Waals surface area contributed by atoms with Gasteiger partial charge in [-0.05, 0) is 63.2 Å². The Morgan fingerprint density at radius 3 is 2.60 bits per heavy atom. The average Bonchev–Trinajstić information content (AvgIpc) is 2.24. The zero-order chi connectivity index (χ0) is 10.7. The van der Waals surface area contributed by atoms with E-state index in [4.69, 9.17) is 0 Å². The molecular formula is C14H21N. The molecule has 0 atom stereocenters. The van der Waals surface area contributed by atoms with E-state index in [0.29, 0.717) is 0 Å². The van der Waals surface area contributed by atoms with Gasteiger partial charge < -0.3 is 5.32 Å². The van der Waals surface area contributed by atoms with Gasteiger partial charge in [-0.3, -0.25) is 0 Å². The molecule has 0 amide bonds. The smallest absolute Gasteiger partial charge is 0.00462 e. The molecule has 1 aromatic rings. The molecule has 82 valence electrons. The number of piperidine rings is 1. The van der Waals surface area contributed by atoms with Crippen molar-refractivity contribution in [1.82, 2.24) is 5.32 Å². The molecule has 1 N–H and O–H groups in total. The maximum Gasteiger partial charge on any atom is -0.00462 e. The van der Waals surface area contributed by atoms with Gasteiger partial charge in [0.1, 0.15) is 0 Å². The molecule has 1 nitrogen and oxygen atoms in total. The van der Waals surface area contributed by atoms with Gasteiger partial charge >= 0.3 is 0 Å². The Morgan fingerprint density at radius 2 is 1.93 bits per heavy atom. The number of nitrogens with one attached hydrogen (secondary N) is 1. The fourth-order valence-electron chi connectivity index (χ4n) is 2.47. The SMILES string of the molecule is Cc1ccc(CC2CCNCC2)c(C)c1. The molecule has 2 rings (SSSR count). The number of aryl methyl sites for hydroxylation is 2. The summed E-state index contributed by atoms with van der Waals surface area (Å²) < 4.78 is 0. The third-order valence-electron chi connectivity index (χ3n) is 3.47. The average molecular weight is 203 g/mol. The van der Waals surface area contributed by atoms with E-state index in [9.17, 15) is 0 Å². The van der Waals surface area contributed by atoms with Crippen LogP contribution in [0.1, 0.15) is 29.5 Å². The first-order chi connectivity index (χ1) is 7.25. The van der Waals surface area contributed by atoms with Crippen molar-refractivity contribution in [2.75, 3.05) is 13.1 Å². The van der Waals surface area contributed by atoms with Gasteiger partial charge in [0.05, 0.1) is 0 Å². The zero-order valence-corrected chi connectivity index (χ0v) is 9.84. The van der Waals surface area contributed by atoms with E-state index in [0.717, 1.165) is 5.92 Å². The second-order valence-corrected chi connectivity index (χ2v) is 4.83. The molecule has 0 spiro atoms. The van der Waals surface area contributed by atoms with Crippen molar-refractivity contribution in [2.24, 2.45) is 5.92 Å². The lowest BCUT2D eigenvalue weighted by Gasteiger charge is -2.23. The van der Waals surface area contributed by atoms with Crippen LogP contribution in [0.5, 0.6) is 0 Å². The van der Waals surface area contributed by atoms with Crippen LogP contribution in [-0.2, 0) is 6.42 Å². The van der Waals surface area contributed by atoms with Crippen LogP contribution in [0.15, 0.2) is 18.2 Å². The van der Waals surface area contributed by atoms with Crippen LogP contribution in [0.25, 0.3) is 0 Å². The number of benzene rings is 1. The molecule has 0 unspecified atom stereocenters. The molecule has 0 bridgehead atoms. The molecule has 15 heavy (non-hydrogen) atoms. The minimum Gasteiger partial charge on any atom is -0.317 e. The molecule has 1 heterocycles. The predicted octanol–water partition coefficient (Wildman–Crippen LogP) is 2.85. The molecular weight excluding hydrogens is 182 g/mol. The van der Waals surface area contributed by atoms with Crippen LogP contribution in [0.3, 0.4) is 0 Å². The Bertz CT molecular complexity index is 324. The van der Waals surface area contributed by atoms with E-state index < -0.39 is 0 Å². The van der Waals surface area contributed by atoms with Crippen molar-refractivity contribution in [3.63, 3.8) is 0 Å². The van der Waals surface area contributed by atoms with Gasteiger partial charge in [-0.25, -0.2) is 0 Å². The van der Waals surface area contributed by atoms with E-state index in [2.05, 4.69) is 37.4 Å². The highest BCUT2D eigenvalue weighted by Crippen LogP contribution is 2.20. The number of hydrogen-bond donors (Lipinski definition) is 1. The molecule has 0 aliphatic carbocycles. The van der Waals surface area contributed by atoms with E-state index in [-0.39, 0.29) is 0 Å². The van der Waals surface area contributed by atoms with Gasteiger partial charge in [0.2, 0.25) is 0 Å². The standard InChI is InChI=1S/C14H21N/c1-11-3-4-14(12(2)9-11)10-13-5-7-15-8-6-13/h3-4,9,13,15H,5-8,10H2,1-2H3. The highest BCUT2D eigenvalue weighted by Gasteiger charge is 2.14. The van der Waals surface area contributed by atoms with Crippen molar-refractivity contribution in [1.29, 1.82) is 0 Å². The highest BCUT2D eigenvalue weighted by atomic mass is 14.9. The Morgan fingerprint density at radius 1 is 1.20 bits per heavy atom. The summed E-state index contributed by atoms with van der Waals surface area (Å²) in [6, 6.07) is 6.85. The Balaban J connectivity index is 2.03. The lowest BCUT2D eigenvalue weighted by Crippen LogP contribution is -2.28. The third-order valence-corrected chi connectivity index (χ3v) is 3.47. The number of rotatable bonds is 2. The summed E-state index contributed by atoms with van der Waals surface area (Å²) in [6.45, 7) is 6.82. The largest absolute Gasteiger partial charge is 0.317 e. The maximum absolute atomic E-state index is 3.42. The topological polar surface area (TPSA) is 12.0 Å². The van der Waals surface area contributed by atoms with Crippen molar-refractivity contribution >= 4 is 0 Å². The highest BCUT2D eigenvalue weighted by molar-refractivity contribution is 5.30. The Labute approximate surface area is 92.9 Å². The molecule has 1 heteroatoms. The van der Waals surface area contributed by atoms with Gasteiger partial charge in [0.25, 0.3) is 0 Å². The van der Waals surface area contributed by atoms with Crippen LogP contribution < -0.4 is 5.32 Å². The normalized spacial score (nSPS) is 18.0. The summed E-state index contributed by atoms with van der Waals surface area (Å²) in [6.07, 6.45) is 3.95. The fraction of sp³-hybridized carbons (Fsp3) is 0.571. The summed E-state index contributed by atoms with van der Waals surface area (Å²) in [7, 11) is 0. The molecule has 0 aromatic heterocycles. The van der Waals surface area contributed by atoms with Gasteiger partial charge in [-0.2, -0.15) is 0 Å². The van der Waals surface area contributed by atoms with Crippen LogP contribution >= 0.6 is 0 Å². The second-order valence-electron chi connectivity index (χ2n) is 4.83. The quantitative estimate of drug-likeness (QED) is 0.779. The zero-order valence-electron chi connectivity index (χ0n) is 9.84. The van der Waals surface area contributed by atoms with Crippen molar-refractivity contribution in [3.05, 3.63) is 34.9 Å². The van der Waals surface area contributed by atoms with E-state index >= 15 is 0 Å². The van der Waals surface area contributed by atoms with Gasteiger partial charge in [-0.15, -0.1) is 0 Å². The van der Waals surface area contributed by atoms with E-state index in [1.54, 1.807) is 5.56 Å². The third kappa shape index (κ3) is 2.82. The minimum absolute atomic E-state index is 0.896. The summed E-state index contributed by atoms with van der Waals surface area (Å²) in [5.41, 5.74) is 4.39. The molecule has 1 aromatic carbocycles. The van der Waals surface area contributed by atoms with Crippen molar-refractivity contribution in [3.8, 4) is 0 Å². The lowest BCUT2D eigenvalue weighted by molar-refractivity contribution is 0.372. The van der Waals surface area contributed by atoms with Gasteiger partial charge in [0, 0.05) is 0 Å². The molecule has 1 aliphatic rings. The molecule has 0 saturated carbocycles. The number of hydrogen-bond acceptors (Lipinski definition) is 1. The maximum atomic E-state index is 3.42. The first-order valence-electron chi connectivity index (χ1n) is 6.02. The first-order valence-corrected chi connectivity index (χ1v) is 6.02. The van der Waals surface area contributed by atoms with E-state index in [1.807, 2.05) is 0 Å².